The van der Waals surface area contributed by atoms with Crippen molar-refractivity contribution in [1.82, 2.24) is 10.2 Å². The lowest BCUT2D eigenvalue weighted by atomic mass is 10.1. The summed E-state index contributed by atoms with van der Waals surface area (Å²) in [6.45, 7) is 9.31. The molecule has 3 nitrogen and oxygen atoms in total. The molecule has 1 aliphatic heterocycles. The standard InChI is InChI=1S/C12H26N2O/c1-12(10-13-6-5-9-15-2)11-14-7-3-4-8-14/h12-13H,3-11H2,1-2H3. The van der Waals surface area contributed by atoms with E-state index in [-0.39, 0.29) is 0 Å². The van der Waals surface area contributed by atoms with E-state index >= 15 is 0 Å². The predicted molar refractivity (Wildman–Crippen MR) is 64.2 cm³/mol. The van der Waals surface area contributed by atoms with E-state index in [4.69, 9.17) is 4.74 Å². The van der Waals surface area contributed by atoms with Gasteiger partial charge in [0.2, 0.25) is 0 Å². The maximum absolute atomic E-state index is 5.01. The van der Waals surface area contributed by atoms with Crippen LogP contribution in [0.15, 0.2) is 0 Å². The van der Waals surface area contributed by atoms with Crippen molar-refractivity contribution in [3.63, 3.8) is 0 Å². The van der Waals surface area contributed by atoms with Gasteiger partial charge in [-0.15, -0.1) is 0 Å². The highest BCUT2D eigenvalue weighted by Gasteiger charge is 2.13. The van der Waals surface area contributed by atoms with Gasteiger partial charge in [-0.1, -0.05) is 6.92 Å². The van der Waals surface area contributed by atoms with E-state index in [9.17, 15) is 0 Å². The minimum Gasteiger partial charge on any atom is -0.385 e. The van der Waals surface area contributed by atoms with Gasteiger partial charge < -0.3 is 15.0 Å². The van der Waals surface area contributed by atoms with Crippen molar-refractivity contribution in [2.24, 2.45) is 5.92 Å². The number of nitrogens with one attached hydrogen (secondary N) is 1. The van der Waals surface area contributed by atoms with Crippen molar-refractivity contribution in [2.45, 2.75) is 26.2 Å². The Morgan fingerprint density at radius 2 is 2.07 bits per heavy atom. The van der Waals surface area contributed by atoms with E-state index in [1.54, 1.807) is 7.11 Å². The zero-order valence-corrected chi connectivity index (χ0v) is 10.3. The van der Waals surface area contributed by atoms with Gasteiger partial charge in [-0.2, -0.15) is 0 Å². The van der Waals surface area contributed by atoms with Crippen LogP contribution in [0, 0.1) is 5.92 Å². The van der Waals surface area contributed by atoms with Crippen molar-refractivity contribution in [3.8, 4) is 0 Å². The molecule has 90 valence electrons. The Bertz CT molecular complexity index is 147. The Morgan fingerprint density at radius 1 is 1.33 bits per heavy atom. The Labute approximate surface area is 94.2 Å². The van der Waals surface area contributed by atoms with Gasteiger partial charge in [-0.25, -0.2) is 0 Å². The summed E-state index contributed by atoms with van der Waals surface area (Å²) < 4.78 is 5.01. The molecule has 0 aliphatic carbocycles. The summed E-state index contributed by atoms with van der Waals surface area (Å²) in [5.74, 6) is 0.769. The largest absolute Gasteiger partial charge is 0.385 e. The van der Waals surface area contributed by atoms with Gasteiger partial charge in [0, 0.05) is 20.3 Å². The third kappa shape index (κ3) is 6.13. The summed E-state index contributed by atoms with van der Waals surface area (Å²) in [5, 5.41) is 3.49. The summed E-state index contributed by atoms with van der Waals surface area (Å²) in [7, 11) is 1.76. The van der Waals surface area contributed by atoms with Gasteiger partial charge in [0.1, 0.15) is 0 Å². The Balaban J connectivity index is 1.91. The number of rotatable bonds is 8. The lowest BCUT2D eigenvalue weighted by Crippen LogP contribution is -2.32. The highest BCUT2D eigenvalue weighted by molar-refractivity contribution is 4.69. The molecule has 0 saturated carbocycles. The van der Waals surface area contributed by atoms with Crippen LogP contribution in [0.1, 0.15) is 26.2 Å². The molecule has 0 bridgehead atoms. The van der Waals surface area contributed by atoms with Gasteiger partial charge in [0.15, 0.2) is 0 Å². The first kappa shape index (κ1) is 12.9. The van der Waals surface area contributed by atoms with Crippen molar-refractivity contribution < 1.29 is 4.74 Å². The molecule has 0 spiro atoms. The maximum Gasteiger partial charge on any atom is 0.0474 e. The lowest BCUT2D eigenvalue weighted by Gasteiger charge is -2.20. The summed E-state index contributed by atoms with van der Waals surface area (Å²) in [5.41, 5.74) is 0. The highest BCUT2D eigenvalue weighted by atomic mass is 16.5. The van der Waals surface area contributed by atoms with E-state index in [1.807, 2.05) is 0 Å². The Morgan fingerprint density at radius 3 is 2.73 bits per heavy atom. The quantitative estimate of drug-likeness (QED) is 0.617. The van der Waals surface area contributed by atoms with Crippen LogP contribution >= 0.6 is 0 Å². The van der Waals surface area contributed by atoms with Crippen molar-refractivity contribution in [1.29, 1.82) is 0 Å². The molecule has 15 heavy (non-hydrogen) atoms. The number of methoxy groups -OCH3 is 1. The van der Waals surface area contributed by atoms with Gasteiger partial charge in [0.05, 0.1) is 0 Å². The minimum atomic E-state index is 0.769. The lowest BCUT2D eigenvalue weighted by molar-refractivity contribution is 0.193. The maximum atomic E-state index is 5.01. The molecule has 0 aromatic heterocycles. The van der Waals surface area contributed by atoms with Crippen LogP contribution in [-0.4, -0.2) is 51.3 Å². The Hall–Kier alpha value is -0.120. The molecule has 1 heterocycles. The predicted octanol–water partition coefficient (Wildman–Crippen LogP) is 1.34. The molecule has 1 saturated heterocycles. The van der Waals surface area contributed by atoms with Crippen molar-refractivity contribution >= 4 is 0 Å². The summed E-state index contributed by atoms with van der Waals surface area (Å²) in [6, 6.07) is 0. The van der Waals surface area contributed by atoms with E-state index in [2.05, 4.69) is 17.1 Å². The smallest absolute Gasteiger partial charge is 0.0474 e. The van der Waals surface area contributed by atoms with Crippen LogP contribution in [0.25, 0.3) is 0 Å². The number of hydrogen-bond donors (Lipinski definition) is 1. The monoisotopic (exact) mass is 214 g/mol. The van der Waals surface area contributed by atoms with E-state index < -0.39 is 0 Å². The second kappa shape index (κ2) is 8.08. The summed E-state index contributed by atoms with van der Waals surface area (Å²) in [6.07, 6.45) is 3.91. The topological polar surface area (TPSA) is 24.5 Å². The first-order chi connectivity index (χ1) is 7.33. The van der Waals surface area contributed by atoms with Crippen LogP contribution < -0.4 is 5.32 Å². The van der Waals surface area contributed by atoms with Crippen LogP contribution in [0.3, 0.4) is 0 Å². The van der Waals surface area contributed by atoms with Crippen molar-refractivity contribution in [2.75, 3.05) is 46.4 Å². The molecule has 1 atom stereocenters. The van der Waals surface area contributed by atoms with E-state index in [0.29, 0.717) is 0 Å². The molecule has 0 aromatic carbocycles. The number of ether oxygens (including phenoxy) is 1. The normalized spacial score (nSPS) is 19.6. The highest BCUT2D eigenvalue weighted by Crippen LogP contribution is 2.09. The van der Waals surface area contributed by atoms with Gasteiger partial charge in [0.25, 0.3) is 0 Å². The second-order valence-electron chi connectivity index (χ2n) is 4.66. The first-order valence-electron chi connectivity index (χ1n) is 6.25. The third-order valence-corrected chi connectivity index (χ3v) is 2.96. The molecule has 0 radical (unpaired) electrons. The Kier molecular flexibility index (Phi) is 6.98. The molecule has 1 fully saturated rings. The zero-order valence-electron chi connectivity index (χ0n) is 10.3. The molecular formula is C12H26N2O. The molecule has 0 amide bonds. The minimum absolute atomic E-state index is 0.769. The van der Waals surface area contributed by atoms with Crippen LogP contribution in [0.2, 0.25) is 0 Å². The molecule has 3 heteroatoms. The average Bonchev–Trinajstić information content (AvgIpc) is 2.70. The average molecular weight is 214 g/mol. The molecule has 1 unspecified atom stereocenters. The van der Waals surface area contributed by atoms with E-state index in [0.717, 1.165) is 32.0 Å². The molecular weight excluding hydrogens is 188 g/mol. The number of hydrogen-bond acceptors (Lipinski definition) is 3. The van der Waals surface area contributed by atoms with Crippen LogP contribution in [0.4, 0.5) is 0 Å². The summed E-state index contributed by atoms with van der Waals surface area (Å²) >= 11 is 0. The fourth-order valence-electron chi connectivity index (χ4n) is 2.16. The van der Waals surface area contributed by atoms with Crippen molar-refractivity contribution in [3.05, 3.63) is 0 Å². The third-order valence-electron chi connectivity index (χ3n) is 2.96. The van der Waals surface area contributed by atoms with Gasteiger partial charge in [-0.3, -0.25) is 0 Å². The molecule has 0 aromatic rings. The first-order valence-corrected chi connectivity index (χ1v) is 6.25. The SMILES string of the molecule is COCCCNCC(C)CN1CCCC1. The zero-order chi connectivity index (χ0) is 10.9. The fraction of sp³-hybridized carbons (Fsp3) is 1.00. The number of likely N-dealkylation sites (tertiary alicyclic amines) is 1. The van der Waals surface area contributed by atoms with Crippen LogP contribution in [0.5, 0.6) is 0 Å². The molecule has 1 rings (SSSR count). The van der Waals surface area contributed by atoms with Gasteiger partial charge >= 0.3 is 0 Å². The van der Waals surface area contributed by atoms with E-state index in [1.165, 1.54) is 32.5 Å². The van der Waals surface area contributed by atoms with Crippen LogP contribution in [-0.2, 0) is 4.74 Å². The molecule has 1 N–H and O–H groups in total. The van der Waals surface area contributed by atoms with Gasteiger partial charge in [-0.05, 0) is 51.4 Å². The fourth-order valence-corrected chi connectivity index (χ4v) is 2.16. The second-order valence-corrected chi connectivity index (χ2v) is 4.66. The molecule has 1 aliphatic rings. The summed E-state index contributed by atoms with van der Waals surface area (Å²) in [4.78, 5) is 2.58. The number of nitrogens with zero attached hydrogens (tertiary/aromatic N) is 1.